The van der Waals surface area contributed by atoms with Gasteiger partial charge in [0.2, 0.25) is 0 Å². The SMILES string of the molecule is COCCOCCC[Si]1(C)OCCCC[Si](C)(CCCN[C-]=O)O1.[Rf]. The van der Waals surface area contributed by atoms with Gasteiger partial charge in [-0.3, -0.25) is 0 Å². The van der Waals surface area contributed by atoms with Crippen molar-refractivity contribution in [2.45, 2.75) is 56.9 Å². The number of hydrogen-bond acceptors (Lipinski definition) is 5. The van der Waals surface area contributed by atoms with E-state index in [9.17, 15) is 4.79 Å². The van der Waals surface area contributed by atoms with E-state index in [4.69, 9.17) is 18.0 Å². The normalized spacial score (nSPS) is 27.0. The monoisotopic (exact) mass is 643 g/mol. The zero-order chi connectivity index (χ0) is 17.7. The van der Waals surface area contributed by atoms with E-state index in [0.29, 0.717) is 19.8 Å². The molecule has 0 radical (unpaired) electrons. The van der Waals surface area contributed by atoms with Gasteiger partial charge in [0.05, 0.1) is 13.2 Å². The molecule has 1 rings (SSSR count). The summed E-state index contributed by atoms with van der Waals surface area (Å²) in [6.45, 7) is 8.04. The minimum absolute atomic E-state index is 0. The molecular formula is C16H34NO5RfSi2-. The second kappa shape index (κ2) is 13.0. The third-order valence-corrected chi connectivity index (χ3v) is 13.0. The molecule has 2 atom stereocenters. The average Bonchev–Trinajstić information content (AvgIpc) is 2.53. The van der Waals surface area contributed by atoms with Crippen molar-refractivity contribution in [1.29, 1.82) is 0 Å². The first-order valence-electron chi connectivity index (χ1n) is 9.04. The Balaban J connectivity index is 0.00000576. The molecule has 6 nitrogen and oxygen atoms in total. The van der Waals surface area contributed by atoms with Crippen LogP contribution in [-0.4, -0.2) is 63.4 Å². The van der Waals surface area contributed by atoms with Crippen LogP contribution in [0.5, 0.6) is 0 Å². The molecule has 9 heteroatoms. The van der Waals surface area contributed by atoms with E-state index in [-0.39, 0.29) is 0 Å². The molecule has 1 aliphatic rings. The van der Waals surface area contributed by atoms with Crippen LogP contribution in [0.1, 0.15) is 25.7 Å². The molecule has 1 fully saturated rings. The summed E-state index contributed by atoms with van der Waals surface area (Å²) in [4.78, 5) is 10.3. The molecule has 1 saturated heterocycles. The molecule has 2 unspecified atom stereocenters. The van der Waals surface area contributed by atoms with Crippen molar-refractivity contribution in [2.24, 2.45) is 0 Å². The van der Waals surface area contributed by atoms with E-state index >= 15 is 0 Å². The Kier molecular flexibility index (Phi) is 12.4. The number of rotatable bonds is 12. The van der Waals surface area contributed by atoms with Crippen LogP contribution in [0.25, 0.3) is 0 Å². The van der Waals surface area contributed by atoms with Gasteiger partial charge < -0.3 is 28.1 Å². The summed E-state index contributed by atoms with van der Waals surface area (Å²) >= 11 is 0. The number of ether oxygens (including phenoxy) is 2. The standard InChI is InChI=1S/C16H34NO5Si2.Rf/c1-19-11-12-20-9-7-15-24(3)21-10-4-5-13-23(2,22-24)14-6-8-17-16-18;/h4-15H2,1-3H3,(H,17,18);/q-1;. The predicted molar refractivity (Wildman–Crippen MR) is 99.6 cm³/mol. The zero-order valence-electron chi connectivity index (χ0n) is 16.2. The zero-order valence-corrected chi connectivity index (χ0v) is 24.6. The van der Waals surface area contributed by atoms with Crippen molar-refractivity contribution < 1.29 is 22.8 Å². The third kappa shape index (κ3) is 10.4. The summed E-state index contributed by atoms with van der Waals surface area (Å²) in [7, 11) is -2.24. The molecule has 0 aliphatic carbocycles. The fourth-order valence-electron chi connectivity index (χ4n) is 3.13. The maximum Gasteiger partial charge on any atom is 0.324 e. The average molecular weight is 644 g/mol. The summed E-state index contributed by atoms with van der Waals surface area (Å²) in [5.74, 6) is 0. The van der Waals surface area contributed by atoms with Crippen LogP contribution < -0.4 is 5.32 Å². The van der Waals surface area contributed by atoms with Gasteiger partial charge in [-0.05, 0) is 57.0 Å². The first-order valence-corrected chi connectivity index (χ1v) is 14.4. The van der Waals surface area contributed by atoms with Gasteiger partial charge >= 0.3 is 8.56 Å². The Bertz CT molecular complexity index is 356. The first-order chi connectivity index (χ1) is 11.5. The van der Waals surface area contributed by atoms with Gasteiger partial charge in [0, 0.05) is 20.3 Å². The quantitative estimate of drug-likeness (QED) is 0.153. The fourth-order valence-corrected chi connectivity index (χ4v) is 12.4. The van der Waals surface area contributed by atoms with E-state index in [2.05, 4.69) is 18.4 Å². The van der Waals surface area contributed by atoms with E-state index in [1.54, 1.807) is 13.5 Å². The van der Waals surface area contributed by atoms with E-state index in [0.717, 1.165) is 44.6 Å². The maximum absolute atomic E-state index is 10.3. The summed E-state index contributed by atoms with van der Waals surface area (Å²) < 4.78 is 23.5. The Labute approximate surface area is 149 Å². The van der Waals surface area contributed by atoms with Gasteiger partial charge in [0.15, 0.2) is 8.32 Å². The van der Waals surface area contributed by atoms with Gasteiger partial charge in [-0.1, -0.05) is 6.42 Å². The topological polar surface area (TPSA) is 66.0 Å². The van der Waals surface area contributed by atoms with Crippen LogP contribution in [0, 0.1) is 0 Å². The molecule has 0 aromatic carbocycles. The molecule has 0 aromatic heterocycles. The third-order valence-electron chi connectivity index (χ3n) is 4.40. The van der Waals surface area contributed by atoms with E-state index < -0.39 is 16.9 Å². The molecule has 144 valence electrons. The summed E-state index contributed by atoms with van der Waals surface area (Å²) in [5, 5.41) is 2.63. The van der Waals surface area contributed by atoms with Crippen LogP contribution in [0.2, 0.25) is 31.2 Å². The fraction of sp³-hybridized carbons (Fsp3) is 0.938. The maximum atomic E-state index is 10.3. The molecule has 1 amide bonds. The largest absolute Gasteiger partial charge is 0.530 e. The molecule has 0 bridgehead atoms. The van der Waals surface area contributed by atoms with Gasteiger partial charge in [0.25, 0.3) is 0 Å². The predicted octanol–water partition coefficient (Wildman–Crippen LogP) is 2.56. The van der Waals surface area contributed by atoms with Crippen molar-refractivity contribution in [3.63, 3.8) is 0 Å². The van der Waals surface area contributed by atoms with Crippen LogP contribution in [0.15, 0.2) is 0 Å². The molecule has 0 aromatic rings. The van der Waals surface area contributed by atoms with Crippen molar-refractivity contribution in [3.05, 3.63) is 0 Å². The van der Waals surface area contributed by atoms with E-state index in [1.165, 1.54) is 12.5 Å². The van der Waals surface area contributed by atoms with Crippen LogP contribution in [0.3, 0.4) is 0 Å². The Hall–Kier alpha value is -1.26. The molecule has 1 aliphatic heterocycles. The second-order valence-electron chi connectivity index (χ2n) is 6.83. The van der Waals surface area contributed by atoms with Gasteiger partial charge in [-0.15, -0.1) is 0 Å². The van der Waals surface area contributed by atoms with Crippen molar-refractivity contribution >= 4 is 23.3 Å². The summed E-state index contributed by atoms with van der Waals surface area (Å²) in [6.07, 6.45) is 5.98. The first kappa shape index (κ1) is 23.7. The molecule has 0 spiro atoms. The van der Waals surface area contributed by atoms with Crippen LogP contribution >= 0.6 is 0 Å². The number of nitrogens with one attached hydrogen (secondary N) is 1. The van der Waals surface area contributed by atoms with Crippen molar-refractivity contribution in [2.75, 3.05) is 40.1 Å². The molecule has 1 N–H and O–H groups in total. The Morgan fingerprint density at radius 2 is 1.92 bits per heavy atom. The summed E-state index contributed by atoms with van der Waals surface area (Å²) in [5.41, 5.74) is 0. The Morgan fingerprint density at radius 1 is 1.12 bits per heavy atom. The van der Waals surface area contributed by atoms with Crippen LogP contribution in [-0.2, 0) is 22.8 Å². The molecule has 0 saturated carbocycles. The molecule has 25 heavy (non-hydrogen) atoms. The van der Waals surface area contributed by atoms with Crippen molar-refractivity contribution in [3.8, 4) is 0 Å². The molecular weight excluding hydrogens is 609 g/mol. The minimum atomic E-state index is -2.14. The summed E-state index contributed by atoms with van der Waals surface area (Å²) in [6, 6.07) is 3.23. The number of methoxy groups -OCH3 is 1. The van der Waals surface area contributed by atoms with Crippen LogP contribution in [0.4, 0.5) is 0 Å². The van der Waals surface area contributed by atoms with Gasteiger partial charge in [-0.2, -0.15) is 6.41 Å². The van der Waals surface area contributed by atoms with Crippen molar-refractivity contribution in [1.82, 2.24) is 5.32 Å². The Morgan fingerprint density at radius 3 is 2.64 bits per heavy atom. The minimum Gasteiger partial charge on any atom is -0.530 e. The smallest absolute Gasteiger partial charge is 0.324 e. The van der Waals surface area contributed by atoms with Gasteiger partial charge in [-0.25, -0.2) is 0 Å². The second-order valence-corrected chi connectivity index (χ2v) is 14.6. The number of carbonyl (C=O) groups excluding carboxylic acids is 1. The number of hydrogen-bond donors (Lipinski definition) is 1. The van der Waals surface area contributed by atoms with Gasteiger partial charge in [0.1, 0.15) is 0 Å². The molecule has 1 heterocycles. The number of amides is 1. The van der Waals surface area contributed by atoms with E-state index in [1.807, 2.05) is 0 Å².